The van der Waals surface area contributed by atoms with Crippen molar-refractivity contribution in [2.45, 2.75) is 32.4 Å². The molecule has 1 N–H and O–H groups in total. The SMILES string of the molecule is Cc1cc(C2N=Cc3cc(C(F)(F)F)ccc3N2)ccc1N1CCOc2cn(CCOCc3ccccc3)nc2C1=O. The van der Waals surface area contributed by atoms with E-state index in [9.17, 15) is 18.0 Å². The zero-order valence-corrected chi connectivity index (χ0v) is 22.8. The third kappa shape index (κ3) is 5.73. The molecule has 1 amide bonds. The Kier molecular flexibility index (Phi) is 7.42. The molecule has 11 heteroatoms. The number of aliphatic imine (C=N–C) groups is 1. The highest BCUT2D eigenvalue weighted by Gasteiger charge is 2.32. The van der Waals surface area contributed by atoms with Gasteiger partial charge >= 0.3 is 6.18 Å². The molecule has 0 saturated heterocycles. The predicted octanol–water partition coefficient (Wildman–Crippen LogP) is 6.01. The number of hydrogen-bond acceptors (Lipinski definition) is 6. The van der Waals surface area contributed by atoms with Gasteiger partial charge in [-0.1, -0.05) is 42.5 Å². The Morgan fingerprint density at radius 1 is 1.10 bits per heavy atom. The van der Waals surface area contributed by atoms with Gasteiger partial charge in [0.15, 0.2) is 11.4 Å². The van der Waals surface area contributed by atoms with E-state index in [-0.39, 0.29) is 11.6 Å². The lowest BCUT2D eigenvalue weighted by molar-refractivity contribution is -0.137. The lowest BCUT2D eigenvalue weighted by atomic mass is 10.0. The number of carbonyl (C=O) groups is 1. The number of halogens is 3. The molecule has 2 aliphatic heterocycles. The van der Waals surface area contributed by atoms with Gasteiger partial charge in [-0.3, -0.25) is 14.5 Å². The predicted molar refractivity (Wildman–Crippen MR) is 152 cm³/mol. The molecule has 42 heavy (non-hydrogen) atoms. The molecule has 216 valence electrons. The number of aromatic nitrogens is 2. The molecule has 0 radical (unpaired) electrons. The summed E-state index contributed by atoms with van der Waals surface area (Å²) in [7, 11) is 0. The van der Waals surface area contributed by atoms with Gasteiger partial charge in [0.05, 0.1) is 38.1 Å². The van der Waals surface area contributed by atoms with E-state index in [1.165, 1.54) is 12.3 Å². The largest absolute Gasteiger partial charge is 0.488 e. The minimum absolute atomic E-state index is 0.243. The summed E-state index contributed by atoms with van der Waals surface area (Å²) < 4.78 is 52.5. The van der Waals surface area contributed by atoms with Crippen molar-refractivity contribution in [3.05, 3.63) is 106 Å². The Bertz CT molecular complexity index is 1630. The second-order valence-electron chi connectivity index (χ2n) is 10.1. The third-order valence-corrected chi connectivity index (χ3v) is 7.19. The van der Waals surface area contributed by atoms with Crippen molar-refractivity contribution in [1.82, 2.24) is 9.78 Å². The summed E-state index contributed by atoms with van der Waals surface area (Å²) in [6.45, 7) is 3.95. The fourth-order valence-corrected chi connectivity index (χ4v) is 5.04. The standard InChI is InChI=1S/C31H28F3N5O3/c1-20-15-22(29-35-17-23-16-24(31(32,33)34)8-9-25(23)36-29)7-10-26(20)39-12-14-42-27-18-38(37-28(27)30(39)40)11-13-41-19-21-5-3-2-4-6-21/h2-10,15-18,29,36H,11-14,19H2,1H3. The maximum atomic E-state index is 13.6. The summed E-state index contributed by atoms with van der Waals surface area (Å²) in [6.07, 6.45) is -1.72. The maximum absolute atomic E-state index is 13.6. The van der Waals surface area contributed by atoms with Crippen LogP contribution in [-0.2, 0) is 24.1 Å². The van der Waals surface area contributed by atoms with Crippen molar-refractivity contribution in [2.24, 2.45) is 4.99 Å². The molecular formula is C31H28F3N5O3. The summed E-state index contributed by atoms with van der Waals surface area (Å²) >= 11 is 0. The van der Waals surface area contributed by atoms with Crippen LogP contribution in [0.15, 0.2) is 77.9 Å². The molecule has 8 nitrogen and oxygen atoms in total. The monoisotopic (exact) mass is 575 g/mol. The summed E-state index contributed by atoms with van der Waals surface area (Å²) in [6, 6.07) is 19.1. The minimum Gasteiger partial charge on any atom is -0.488 e. The number of aryl methyl sites for hydroxylation is 1. The molecule has 1 atom stereocenters. The number of nitrogens with zero attached hydrogens (tertiary/aromatic N) is 4. The second kappa shape index (κ2) is 11.3. The first-order valence-corrected chi connectivity index (χ1v) is 13.5. The van der Waals surface area contributed by atoms with Crippen LogP contribution in [0, 0.1) is 6.92 Å². The fraction of sp³-hybridized carbons (Fsp3) is 0.258. The van der Waals surface area contributed by atoms with Crippen LogP contribution < -0.4 is 15.0 Å². The van der Waals surface area contributed by atoms with Gasteiger partial charge in [-0.15, -0.1) is 0 Å². The average molecular weight is 576 g/mol. The molecule has 0 spiro atoms. The maximum Gasteiger partial charge on any atom is 0.416 e. The quantitative estimate of drug-likeness (QED) is 0.273. The van der Waals surface area contributed by atoms with Gasteiger partial charge in [-0.2, -0.15) is 18.3 Å². The molecule has 0 saturated carbocycles. The molecule has 4 aromatic rings. The smallest absolute Gasteiger partial charge is 0.416 e. The summed E-state index contributed by atoms with van der Waals surface area (Å²) in [5.41, 5.74) is 3.93. The van der Waals surface area contributed by atoms with Crippen molar-refractivity contribution in [1.29, 1.82) is 0 Å². The van der Waals surface area contributed by atoms with Gasteiger partial charge in [0.25, 0.3) is 5.91 Å². The Morgan fingerprint density at radius 2 is 1.93 bits per heavy atom. The number of anilines is 2. The van der Waals surface area contributed by atoms with E-state index < -0.39 is 17.9 Å². The van der Waals surface area contributed by atoms with E-state index in [1.54, 1.807) is 15.8 Å². The molecule has 2 aliphatic rings. The second-order valence-corrected chi connectivity index (χ2v) is 10.1. The van der Waals surface area contributed by atoms with E-state index in [4.69, 9.17) is 9.47 Å². The van der Waals surface area contributed by atoms with Gasteiger partial charge in [0.1, 0.15) is 12.8 Å². The summed E-state index contributed by atoms with van der Waals surface area (Å²) in [5.74, 6) is 0.179. The number of amides is 1. The molecule has 1 unspecified atom stereocenters. The molecule has 0 aliphatic carbocycles. The fourth-order valence-electron chi connectivity index (χ4n) is 5.04. The van der Waals surface area contributed by atoms with Crippen LogP contribution in [0.25, 0.3) is 0 Å². The highest BCUT2D eigenvalue weighted by Crippen LogP contribution is 2.35. The Morgan fingerprint density at radius 3 is 2.71 bits per heavy atom. The zero-order chi connectivity index (χ0) is 29.3. The first-order chi connectivity index (χ1) is 20.3. The molecule has 6 rings (SSSR count). The lowest BCUT2D eigenvalue weighted by Crippen LogP contribution is -2.33. The summed E-state index contributed by atoms with van der Waals surface area (Å²) in [4.78, 5) is 19.6. The highest BCUT2D eigenvalue weighted by atomic mass is 19.4. The van der Waals surface area contributed by atoms with Crippen LogP contribution in [0.2, 0.25) is 0 Å². The number of alkyl halides is 3. The van der Waals surface area contributed by atoms with Crippen molar-refractivity contribution < 1.29 is 27.4 Å². The van der Waals surface area contributed by atoms with Crippen LogP contribution in [0.4, 0.5) is 24.5 Å². The van der Waals surface area contributed by atoms with Crippen LogP contribution in [0.1, 0.15) is 44.5 Å². The van der Waals surface area contributed by atoms with E-state index in [0.29, 0.717) is 49.9 Å². The van der Waals surface area contributed by atoms with Gasteiger partial charge < -0.3 is 19.7 Å². The van der Waals surface area contributed by atoms with Gasteiger partial charge in [-0.05, 0) is 47.9 Å². The Balaban J connectivity index is 1.13. The molecule has 0 fully saturated rings. The van der Waals surface area contributed by atoms with E-state index in [0.717, 1.165) is 34.5 Å². The average Bonchev–Trinajstić information content (AvgIpc) is 3.33. The van der Waals surface area contributed by atoms with E-state index in [1.807, 2.05) is 55.5 Å². The Hall–Kier alpha value is -4.64. The number of benzene rings is 3. The van der Waals surface area contributed by atoms with Crippen LogP contribution in [-0.4, -0.2) is 41.7 Å². The number of hydrogen-bond donors (Lipinski definition) is 1. The molecule has 1 aromatic heterocycles. The topological polar surface area (TPSA) is 81.0 Å². The van der Waals surface area contributed by atoms with E-state index in [2.05, 4.69) is 15.4 Å². The van der Waals surface area contributed by atoms with Crippen LogP contribution in [0.3, 0.4) is 0 Å². The van der Waals surface area contributed by atoms with Gasteiger partial charge in [-0.25, -0.2) is 0 Å². The van der Waals surface area contributed by atoms with Crippen LogP contribution in [0.5, 0.6) is 5.75 Å². The number of ether oxygens (including phenoxy) is 2. The zero-order valence-electron chi connectivity index (χ0n) is 22.8. The number of fused-ring (bicyclic) bond motifs is 2. The van der Waals surface area contributed by atoms with Crippen LogP contribution >= 0.6 is 0 Å². The first-order valence-electron chi connectivity index (χ1n) is 13.5. The van der Waals surface area contributed by atoms with Crippen molar-refractivity contribution >= 4 is 23.5 Å². The van der Waals surface area contributed by atoms with Gasteiger partial charge in [0.2, 0.25) is 0 Å². The van der Waals surface area contributed by atoms with Crippen molar-refractivity contribution in [2.75, 3.05) is 30.0 Å². The highest BCUT2D eigenvalue weighted by molar-refractivity contribution is 6.07. The normalized spacial score (nSPS) is 16.3. The molecule has 3 aromatic carbocycles. The molecular weight excluding hydrogens is 547 g/mol. The number of nitrogens with one attached hydrogen (secondary N) is 1. The lowest BCUT2D eigenvalue weighted by Gasteiger charge is -2.25. The number of rotatable bonds is 7. The molecule has 3 heterocycles. The van der Waals surface area contributed by atoms with Gasteiger partial charge in [0, 0.05) is 23.2 Å². The Labute approximate surface area is 240 Å². The van der Waals surface area contributed by atoms with E-state index >= 15 is 0 Å². The molecule has 0 bridgehead atoms. The first kappa shape index (κ1) is 27.5. The van der Waals surface area contributed by atoms with Crippen molar-refractivity contribution in [3.63, 3.8) is 0 Å². The van der Waals surface area contributed by atoms with Crippen molar-refractivity contribution in [3.8, 4) is 5.75 Å². The summed E-state index contributed by atoms with van der Waals surface area (Å²) in [5, 5.41) is 7.69. The minimum atomic E-state index is -4.42. The third-order valence-electron chi connectivity index (χ3n) is 7.19. The number of carbonyl (C=O) groups excluding carboxylic acids is 1.